The normalized spacial score (nSPS) is 23.3. The van der Waals surface area contributed by atoms with Crippen molar-refractivity contribution in [1.29, 1.82) is 0 Å². The third-order valence-corrected chi connectivity index (χ3v) is 5.11. The molecule has 1 aromatic heterocycles. The van der Waals surface area contributed by atoms with Gasteiger partial charge >= 0.3 is 5.97 Å². The van der Waals surface area contributed by atoms with Gasteiger partial charge in [0.1, 0.15) is 11.3 Å². The highest BCUT2D eigenvalue weighted by molar-refractivity contribution is 6.03. The Morgan fingerprint density at radius 2 is 2.04 bits per heavy atom. The summed E-state index contributed by atoms with van der Waals surface area (Å²) >= 11 is 0. The number of rotatable bonds is 3. The van der Waals surface area contributed by atoms with Crippen molar-refractivity contribution in [3.63, 3.8) is 0 Å². The molecule has 4 nitrogen and oxygen atoms in total. The van der Waals surface area contributed by atoms with Gasteiger partial charge in [0.15, 0.2) is 5.43 Å². The minimum Gasteiger partial charge on any atom is -0.481 e. The van der Waals surface area contributed by atoms with Crippen molar-refractivity contribution in [2.45, 2.75) is 25.7 Å². The van der Waals surface area contributed by atoms with Gasteiger partial charge in [0.2, 0.25) is 0 Å². The predicted molar refractivity (Wildman–Crippen MR) is 87.7 cm³/mol. The maximum atomic E-state index is 12.4. The molecule has 1 aliphatic rings. The predicted octanol–water partition coefficient (Wildman–Crippen LogP) is 3.91. The second kappa shape index (κ2) is 4.69. The molecule has 1 heterocycles. The Kier molecular flexibility index (Phi) is 2.85. The Balaban J connectivity index is 1.95. The molecule has 0 spiro atoms. The number of carbonyl (C=O) groups is 1. The van der Waals surface area contributed by atoms with Crippen molar-refractivity contribution < 1.29 is 14.3 Å². The van der Waals surface area contributed by atoms with E-state index in [1.807, 2.05) is 37.3 Å². The third-order valence-electron chi connectivity index (χ3n) is 5.11. The van der Waals surface area contributed by atoms with E-state index in [4.69, 9.17) is 4.42 Å². The zero-order valence-electron chi connectivity index (χ0n) is 12.7. The van der Waals surface area contributed by atoms with Crippen LogP contribution in [0.2, 0.25) is 0 Å². The smallest absolute Gasteiger partial charge is 0.310 e. The van der Waals surface area contributed by atoms with Crippen LogP contribution < -0.4 is 5.43 Å². The van der Waals surface area contributed by atoms with Gasteiger partial charge in [0.05, 0.1) is 10.8 Å². The summed E-state index contributed by atoms with van der Waals surface area (Å²) in [6, 6.07) is 12.8. The molecule has 2 aromatic carbocycles. The first-order valence-corrected chi connectivity index (χ1v) is 7.76. The second-order valence-corrected chi connectivity index (χ2v) is 6.25. The Hall–Kier alpha value is -2.62. The molecular formula is C19H16O4. The first-order valence-electron chi connectivity index (χ1n) is 7.76. The van der Waals surface area contributed by atoms with E-state index in [1.165, 1.54) is 6.07 Å². The lowest BCUT2D eigenvalue weighted by atomic mass is 9.99. The third kappa shape index (κ3) is 1.91. The van der Waals surface area contributed by atoms with Crippen LogP contribution in [0.15, 0.2) is 51.7 Å². The molecule has 0 amide bonds. The van der Waals surface area contributed by atoms with Crippen LogP contribution in [0.4, 0.5) is 0 Å². The highest BCUT2D eigenvalue weighted by Gasteiger charge is 2.61. The average Bonchev–Trinajstić information content (AvgIpc) is 3.31. The van der Waals surface area contributed by atoms with Crippen LogP contribution in [0.5, 0.6) is 0 Å². The number of fused-ring (bicyclic) bond motifs is 3. The minimum absolute atomic E-state index is 0.116. The standard InChI is InChI=1S/C19H16O4/c1-2-19(18(21)22)10-14(19)16-9-15(20)13-8-7-11-5-3-4-6-12(11)17(13)23-16/h3-9,14H,2,10H2,1H3,(H,21,22). The largest absolute Gasteiger partial charge is 0.481 e. The van der Waals surface area contributed by atoms with Crippen molar-refractivity contribution in [2.24, 2.45) is 5.41 Å². The van der Waals surface area contributed by atoms with Crippen LogP contribution in [-0.2, 0) is 4.79 Å². The van der Waals surface area contributed by atoms with E-state index in [1.54, 1.807) is 6.07 Å². The molecule has 116 valence electrons. The Bertz CT molecular complexity index is 1000. The quantitative estimate of drug-likeness (QED) is 0.745. The summed E-state index contributed by atoms with van der Waals surface area (Å²) in [7, 11) is 0. The lowest BCUT2D eigenvalue weighted by Crippen LogP contribution is -2.16. The molecular weight excluding hydrogens is 292 g/mol. The minimum atomic E-state index is -0.814. The molecule has 4 heteroatoms. The average molecular weight is 308 g/mol. The van der Waals surface area contributed by atoms with E-state index < -0.39 is 11.4 Å². The summed E-state index contributed by atoms with van der Waals surface area (Å²) in [5, 5.41) is 11.9. The maximum absolute atomic E-state index is 12.4. The summed E-state index contributed by atoms with van der Waals surface area (Å²) < 4.78 is 6.02. The van der Waals surface area contributed by atoms with Crippen molar-refractivity contribution in [3.05, 3.63) is 58.4 Å². The molecule has 1 N–H and O–H groups in total. The zero-order valence-corrected chi connectivity index (χ0v) is 12.7. The van der Waals surface area contributed by atoms with E-state index in [2.05, 4.69) is 0 Å². The molecule has 0 saturated heterocycles. The lowest BCUT2D eigenvalue weighted by Gasteiger charge is -2.10. The van der Waals surface area contributed by atoms with Crippen molar-refractivity contribution in [2.75, 3.05) is 0 Å². The number of hydrogen-bond acceptors (Lipinski definition) is 3. The SMILES string of the molecule is CCC1(C(=O)O)CC1c1cc(=O)c2ccc3ccccc3c2o1. The fourth-order valence-electron chi connectivity index (χ4n) is 3.53. The van der Waals surface area contributed by atoms with Crippen LogP contribution in [-0.4, -0.2) is 11.1 Å². The number of carboxylic acids is 1. The first kappa shape index (κ1) is 14.0. The highest BCUT2D eigenvalue weighted by atomic mass is 16.4. The topological polar surface area (TPSA) is 67.5 Å². The first-order chi connectivity index (χ1) is 11.1. The van der Waals surface area contributed by atoms with E-state index >= 15 is 0 Å². The van der Waals surface area contributed by atoms with Gasteiger partial charge < -0.3 is 9.52 Å². The molecule has 1 fully saturated rings. The molecule has 2 atom stereocenters. The Labute approximate surface area is 132 Å². The summed E-state index contributed by atoms with van der Waals surface area (Å²) in [6.45, 7) is 1.86. The van der Waals surface area contributed by atoms with E-state index in [0.717, 1.165) is 10.8 Å². The zero-order chi connectivity index (χ0) is 16.2. The number of benzene rings is 2. The van der Waals surface area contributed by atoms with E-state index in [-0.39, 0.29) is 11.3 Å². The van der Waals surface area contributed by atoms with Gasteiger partial charge in [0.25, 0.3) is 0 Å². The molecule has 2 unspecified atom stereocenters. The number of aliphatic carboxylic acids is 1. The molecule has 0 radical (unpaired) electrons. The summed E-state index contributed by atoms with van der Waals surface area (Å²) in [5.74, 6) is -0.546. The number of carboxylic acid groups (broad SMARTS) is 1. The maximum Gasteiger partial charge on any atom is 0.310 e. The molecule has 23 heavy (non-hydrogen) atoms. The Morgan fingerprint density at radius 3 is 2.74 bits per heavy atom. The summed E-state index contributed by atoms with van der Waals surface area (Å²) in [6.07, 6.45) is 1.06. The monoisotopic (exact) mass is 308 g/mol. The molecule has 0 bridgehead atoms. The number of hydrogen-bond donors (Lipinski definition) is 1. The van der Waals surface area contributed by atoms with Crippen LogP contribution in [0, 0.1) is 5.41 Å². The van der Waals surface area contributed by atoms with Gasteiger partial charge in [-0.15, -0.1) is 0 Å². The van der Waals surface area contributed by atoms with Gasteiger partial charge in [0, 0.05) is 17.4 Å². The summed E-state index contributed by atoms with van der Waals surface area (Å²) in [5.41, 5.74) is -0.351. The van der Waals surface area contributed by atoms with Crippen molar-refractivity contribution in [1.82, 2.24) is 0 Å². The lowest BCUT2D eigenvalue weighted by molar-refractivity contribution is -0.143. The molecule has 3 aromatic rings. The summed E-state index contributed by atoms with van der Waals surface area (Å²) in [4.78, 5) is 24.0. The molecule has 0 aliphatic heterocycles. The van der Waals surface area contributed by atoms with Crippen LogP contribution >= 0.6 is 0 Å². The Morgan fingerprint density at radius 1 is 1.26 bits per heavy atom. The van der Waals surface area contributed by atoms with Gasteiger partial charge in [-0.1, -0.05) is 37.3 Å². The van der Waals surface area contributed by atoms with Crippen molar-refractivity contribution in [3.8, 4) is 0 Å². The van der Waals surface area contributed by atoms with Gasteiger partial charge in [-0.25, -0.2) is 0 Å². The highest BCUT2D eigenvalue weighted by Crippen LogP contribution is 2.61. The fourth-order valence-corrected chi connectivity index (χ4v) is 3.53. The van der Waals surface area contributed by atoms with Gasteiger partial charge in [-0.05, 0) is 24.3 Å². The van der Waals surface area contributed by atoms with Crippen LogP contribution in [0.25, 0.3) is 21.7 Å². The van der Waals surface area contributed by atoms with Gasteiger partial charge in [-0.3, -0.25) is 9.59 Å². The van der Waals surface area contributed by atoms with E-state index in [9.17, 15) is 14.7 Å². The fraction of sp³-hybridized carbons (Fsp3) is 0.263. The van der Waals surface area contributed by atoms with Gasteiger partial charge in [-0.2, -0.15) is 0 Å². The molecule has 1 aliphatic carbocycles. The molecule has 4 rings (SSSR count). The van der Waals surface area contributed by atoms with Crippen molar-refractivity contribution >= 4 is 27.7 Å². The second-order valence-electron chi connectivity index (χ2n) is 6.25. The van der Waals surface area contributed by atoms with E-state index in [0.29, 0.717) is 29.6 Å². The van der Waals surface area contributed by atoms with Crippen LogP contribution in [0.1, 0.15) is 31.4 Å². The van der Waals surface area contributed by atoms with Crippen LogP contribution in [0.3, 0.4) is 0 Å². The molecule has 1 saturated carbocycles.